The van der Waals surface area contributed by atoms with Crippen LogP contribution in [0.5, 0.6) is 0 Å². The third kappa shape index (κ3) is 4.15. The number of piperazine rings is 1. The van der Waals surface area contributed by atoms with Crippen LogP contribution < -0.4 is 5.32 Å². The van der Waals surface area contributed by atoms with Gasteiger partial charge in [-0.05, 0) is 80.4 Å². The highest BCUT2D eigenvalue weighted by atomic mass is 19.1. The van der Waals surface area contributed by atoms with Crippen LogP contribution >= 0.6 is 0 Å². The SMILES string of the molecule is O=C(NCCc1cc(F)cc(F)c1)N1CCN(C(=O)C23CC4CC(CC(C4)C2)C3)CC1. The summed E-state index contributed by atoms with van der Waals surface area (Å²) < 4.78 is 26.5. The molecule has 0 radical (unpaired) electrons. The number of hydrogen-bond donors (Lipinski definition) is 1. The number of hydrogen-bond acceptors (Lipinski definition) is 2. The second-order valence-electron chi connectivity index (χ2n) is 10.2. The van der Waals surface area contributed by atoms with Crippen LogP contribution in [0.3, 0.4) is 0 Å². The molecule has 4 bridgehead atoms. The lowest BCUT2D eigenvalue weighted by Gasteiger charge is -2.57. The maximum atomic E-state index is 13.5. The molecule has 31 heavy (non-hydrogen) atoms. The van der Waals surface area contributed by atoms with Crippen molar-refractivity contribution in [1.82, 2.24) is 15.1 Å². The standard InChI is InChI=1S/C24H31F2N3O2/c25-20-10-16(11-21(26)12-20)1-2-27-23(31)29-5-3-28(4-6-29)22(30)24-13-17-7-18(14-24)9-19(8-17)15-24/h10-12,17-19H,1-9,13-15H2,(H,27,31). The summed E-state index contributed by atoms with van der Waals surface area (Å²) in [6, 6.07) is 3.22. The molecule has 168 valence electrons. The number of urea groups is 1. The molecule has 0 aromatic heterocycles. The van der Waals surface area contributed by atoms with Gasteiger partial charge < -0.3 is 15.1 Å². The maximum Gasteiger partial charge on any atom is 0.317 e. The van der Waals surface area contributed by atoms with Crippen LogP contribution in [0.1, 0.15) is 44.1 Å². The lowest BCUT2D eigenvalue weighted by atomic mass is 9.49. The molecular weight excluding hydrogens is 400 g/mol. The highest BCUT2D eigenvalue weighted by molar-refractivity contribution is 5.84. The third-order valence-electron chi connectivity index (χ3n) is 7.96. The van der Waals surface area contributed by atoms with Gasteiger partial charge in [0.15, 0.2) is 0 Å². The number of carbonyl (C=O) groups excluding carboxylic acids is 2. The van der Waals surface area contributed by atoms with Crippen molar-refractivity contribution in [1.29, 1.82) is 0 Å². The van der Waals surface area contributed by atoms with E-state index >= 15 is 0 Å². The first-order chi connectivity index (χ1) is 14.9. The van der Waals surface area contributed by atoms with E-state index in [1.54, 1.807) is 4.90 Å². The topological polar surface area (TPSA) is 52.7 Å². The second-order valence-corrected chi connectivity index (χ2v) is 10.2. The van der Waals surface area contributed by atoms with Crippen molar-refractivity contribution < 1.29 is 18.4 Å². The lowest BCUT2D eigenvalue weighted by molar-refractivity contribution is -0.159. The van der Waals surface area contributed by atoms with Crippen molar-refractivity contribution in [2.24, 2.45) is 23.2 Å². The number of nitrogens with zero attached hydrogens (tertiary/aromatic N) is 2. The molecule has 4 saturated carbocycles. The zero-order valence-electron chi connectivity index (χ0n) is 17.9. The van der Waals surface area contributed by atoms with Gasteiger partial charge in [0.1, 0.15) is 11.6 Å². The summed E-state index contributed by atoms with van der Waals surface area (Å²) in [5.74, 6) is 1.35. The van der Waals surface area contributed by atoms with Gasteiger partial charge in [-0.2, -0.15) is 0 Å². The Labute approximate surface area is 182 Å². The second kappa shape index (κ2) is 8.06. The van der Waals surface area contributed by atoms with E-state index in [0.717, 1.165) is 43.1 Å². The first-order valence-corrected chi connectivity index (χ1v) is 11.7. The third-order valence-corrected chi connectivity index (χ3v) is 7.96. The molecule has 1 N–H and O–H groups in total. The van der Waals surface area contributed by atoms with Crippen LogP contribution in [-0.4, -0.2) is 54.5 Å². The summed E-state index contributed by atoms with van der Waals surface area (Å²) in [7, 11) is 0. The monoisotopic (exact) mass is 431 g/mol. The smallest absolute Gasteiger partial charge is 0.317 e. The molecule has 1 saturated heterocycles. The predicted octanol–water partition coefficient (Wildman–Crippen LogP) is 3.58. The van der Waals surface area contributed by atoms with Gasteiger partial charge in [-0.3, -0.25) is 4.79 Å². The van der Waals surface area contributed by atoms with Crippen LogP contribution in [-0.2, 0) is 11.2 Å². The van der Waals surface area contributed by atoms with Gasteiger partial charge in [-0.1, -0.05) is 0 Å². The fourth-order valence-electron chi connectivity index (χ4n) is 7.00. The van der Waals surface area contributed by atoms with E-state index < -0.39 is 11.6 Å². The molecule has 5 nitrogen and oxygen atoms in total. The summed E-state index contributed by atoms with van der Waals surface area (Å²) in [5, 5.41) is 2.83. The average molecular weight is 432 g/mol. The summed E-state index contributed by atoms with van der Waals surface area (Å²) in [4.78, 5) is 29.7. The van der Waals surface area contributed by atoms with E-state index in [4.69, 9.17) is 0 Å². The van der Waals surface area contributed by atoms with Gasteiger partial charge in [-0.25, -0.2) is 13.6 Å². The Morgan fingerprint density at radius 2 is 1.39 bits per heavy atom. The molecular formula is C24H31F2N3O2. The molecule has 1 aromatic rings. The molecule has 1 aromatic carbocycles. The van der Waals surface area contributed by atoms with Crippen LogP contribution in [0.25, 0.3) is 0 Å². The van der Waals surface area contributed by atoms with E-state index in [2.05, 4.69) is 5.32 Å². The Bertz CT molecular complexity index is 811. The molecule has 0 atom stereocenters. The van der Waals surface area contributed by atoms with E-state index in [1.807, 2.05) is 4.90 Å². The van der Waals surface area contributed by atoms with Gasteiger partial charge in [-0.15, -0.1) is 0 Å². The zero-order chi connectivity index (χ0) is 21.6. The highest BCUT2D eigenvalue weighted by Gasteiger charge is 2.55. The molecule has 0 unspecified atom stereocenters. The lowest BCUT2D eigenvalue weighted by Crippen LogP contribution is -2.59. The number of amides is 3. The maximum absolute atomic E-state index is 13.5. The van der Waals surface area contributed by atoms with Crippen molar-refractivity contribution in [3.05, 3.63) is 35.4 Å². The Morgan fingerprint density at radius 1 is 0.871 bits per heavy atom. The highest BCUT2D eigenvalue weighted by Crippen LogP contribution is 2.60. The summed E-state index contributed by atoms with van der Waals surface area (Å²) >= 11 is 0. The van der Waals surface area contributed by atoms with E-state index in [-0.39, 0.29) is 11.4 Å². The van der Waals surface area contributed by atoms with Gasteiger partial charge >= 0.3 is 6.03 Å². The first-order valence-electron chi connectivity index (χ1n) is 11.7. The van der Waals surface area contributed by atoms with Gasteiger partial charge in [0.25, 0.3) is 0 Å². The molecule has 5 fully saturated rings. The predicted molar refractivity (Wildman–Crippen MR) is 112 cm³/mol. The summed E-state index contributed by atoms with van der Waals surface area (Å²) in [6.45, 7) is 2.54. The van der Waals surface area contributed by atoms with Crippen molar-refractivity contribution in [3.63, 3.8) is 0 Å². The number of benzene rings is 1. The quantitative estimate of drug-likeness (QED) is 0.792. The Hall–Kier alpha value is -2.18. The Kier molecular flexibility index (Phi) is 5.39. The van der Waals surface area contributed by atoms with E-state index in [1.165, 1.54) is 31.4 Å². The van der Waals surface area contributed by atoms with E-state index in [9.17, 15) is 18.4 Å². The van der Waals surface area contributed by atoms with Crippen LogP contribution in [0.4, 0.5) is 13.6 Å². The Morgan fingerprint density at radius 3 is 1.94 bits per heavy atom. The minimum absolute atomic E-state index is 0.126. The minimum Gasteiger partial charge on any atom is -0.339 e. The van der Waals surface area contributed by atoms with Crippen LogP contribution in [0, 0.1) is 34.8 Å². The average Bonchev–Trinajstić information content (AvgIpc) is 2.71. The van der Waals surface area contributed by atoms with Gasteiger partial charge in [0, 0.05) is 38.8 Å². The largest absolute Gasteiger partial charge is 0.339 e. The zero-order valence-corrected chi connectivity index (χ0v) is 17.9. The first kappa shape index (κ1) is 20.7. The molecule has 0 spiro atoms. The van der Waals surface area contributed by atoms with Crippen molar-refractivity contribution >= 4 is 11.9 Å². The molecule has 4 aliphatic carbocycles. The molecule has 1 heterocycles. The normalized spacial score (nSPS) is 31.7. The number of rotatable bonds is 4. The minimum atomic E-state index is -0.610. The fourth-order valence-corrected chi connectivity index (χ4v) is 7.00. The van der Waals surface area contributed by atoms with Crippen molar-refractivity contribution in [2.75, 3.05) is 32.7 Å². The van der Waals surface area contributed by atoms with Crippen LogP contribution in [0.15, 0.2) is 18.2 Å². The summed E-state index contributed by atoms with van der Waals surface area (Å²) in [5.41, 5.74) is 0.392. The molecule has 6 rings (SSSR count). The molecule has 7 heteroatoms. The molecule has 5 aliphatic rings. The van der Waals surface area contributed by atoms with Crippen molar-refractivity contribution in [2.45, 2.75) is 44.9 Å². The molecule has 1 aliphatic heterocycles. The van der Waals surface area contributed by atoms with Gasteiger partial charge in [0.2, 0.25) is 5.91 Å². The number of carbonyl (C=O) groups is 2. The fraction of sp³-hybridized carbons (Fsp3) is 0.667. The molecule has 3 amide bonds. The Balaban J connectivity index is 1.10. The summed E-state index contributed by atoms with van der Waals surface area (Å²) in [6.07, 6.45) is 7.54. The number of nitrogens with one attached hydrogen (secondary N) is 1. The van der Waals surface area contributed by atoms with Gasteiger partial charge in [0.05, 0.1) is 5.41 Å². The van der Waals surface area contributed by atoms with E-state index in [0.29, 0.717) is 50.6 Å². The number of halogens is 2. The van der Waals surface area contributed by atoms with Crippen molar-refractivity contribution in [3.8, 4) is 0 Å². The van der Waals surface area contributed by atoms with Crippen LogP contribution in [0.2, 0.25) is 0 Å².